The summed E-state index contributed by atoms with van der Waals surface area (Å²) in [5.41, 5.74) is 3.29. The number of nitrogens with zero attached hydrogens (tertiary/aromatic N) is 2. The lowest BCUT2D eigenvalue weighted by Crippen LogP contribution is -1.90. The summed E-state index contributed by atoms with van der Waals surface area (Å²) >= 11 is 0. The lowest BCUT2D eigenvalue weighted by atomic mass is 9.95. The Labute approximate surface area is 116 Å². The predicted octanol–water partition coefficient (Wildman–Crippen LogP) is 3.90. The first kappa shape index (κ1) is 13.9. The molecular weight excluding hydrogens is 252 g/mol. The van der Waals surface area contributed by atoms with Crippen molar-refractivity contribution in [1.82, 2.24) is 0 Å². The fourth-order valence-electron chi connectivity index (χ4n) is 2.56. The first-order chi connectivity index (χ1) is 9.76. The van der Waals surface area contributed by atoms with Crippen LogP contribution in [-0.4, -0.2) is 12.2 Å². The van der Waals surface area contributed by atoms with E-state index < -0.39 is 0 Å². The third-order valence-corrected chi connectivity index (χ3v) is 3.41. The molecule has 0 saturated carbocycles. The van der Waals surface area contributed by atoms with Gasteiger partial charge in [0.25, 0.3) is 0 Å². The monoisotopic (exact) mass is 266 g/mol. The number of fused-ring (bicyclic) bond motifs is 1. The highest BCUT2D eigenvalue weighted by molar-refractivity contribution is 5.95. The van der Waals surface area contributed by atoms with Gasteiger partial charge in [-0.2, -0.15) is 9.98 Å². The van der Waals surface area contributed by atoms with E-state index >= 15 is 0 Å². The molecule has 2 aromatic rings. The van der Waals surface area contributed by atoms with Gasteiger partial charge < -0.3 is 0 Å². The van der Waals surface area contributed by atoms with E-state index in [2.05, 4.69) is 9.98 Å². The molecule has 0 saturated heterocycles. The molecule has 0 aliphatic heterocycles. The van der Waals surface area contributed by atoms with Crippen molar-refractivity contribution < 1.29 is 9.59 Å². The topological polar surface area (TPSA) is 58.9 Å². The van der Waals surface area contributed by atoms with Crippen LogP contribution in [0.1, 0.15) is 25.0 Å². The van der Waals surface area contributed by atoms with Crippen LogP contribution in [0, 0.1) is 0 Å². The minimum Gasteiger partial charge on any atom is -0.211 e. The van der Waals surface area contributed by atoms with Crippen LogP contribution in [0.3, 0.4) is 0 Å². The van der Waals surface area contributed by atoms with Crippen LogP contribution in [0.5, 0.6) is 0 Å². The maximum atomic E-state index is 10.5. The largest absolute Gasteiger partial charge is 0.240 e. The summed E-state index contributed by atoms with van der Waals surface area (Å²) in [6.45, 7) is 4.03. The van der Waals surface area contributed by atoms with Gasteiger partial charge in [-0.15, -0.1) is 0 Å². The molecular formula is C16H14N2O2. The van der Waals surface area contributed by atoms with Crippen LogP contribution >= 0.6 is 0 Å². The number of carbonyl (C=O) groups excluding carboxylic acids is 2. The summed E-state index contributed by atoms with van der Waals surface area (Å²) in [6.07, 6.45) is 4.70. The van der Waals surface area contributed by atoms with Gasteiger partial charge in [0.2, 0.25) is 12.2 Å². The normalized spacial score (nSPS) is 9.90. The Morgan fingerprint density at radius 1 is 0.800 bits per heavy atom. The van der Waals surface area contributed by atoms with E-state index in [-0.39, 0.29) is 0 Å². The zero-order valence-corrected chi connectivity index (χ0v) is 11.4. The highest BCUT2D eigenvalue weighted by atomic mass is 16.1. The molecule has 0 bridgehead atoms. The molecule has 100 valence electrons. The number of isocyanates is 2. The van der Waals surface area contributed by atoms with Crippen molar-refractivity contribution in [3.8, 4) is 0 Å². The number of hydrogen-bond acceptors (Lipinski definition) is 4. The van der Waals surface area contributed by atoms with E-state index in [0.717, 1.165) is 34.7 Å². The summed E-state index contributed by atoms with van der Waals surface area (Å²) in [5, 5.41) is 2.07. The standard InChI is InChI=1S/C16H14N2O2/c1-3-11-13-5-8-16(18-10-20)12(4-2)14(13)6-7-15(11)17-9-19/h5-8H,3-4H2,1-2H3. The Morgan fingerprint density at radius 3 is 1.50 bits per heavy atom. The molecule has 0 aromatic heterocycles. The van der Waals surface area contributed by atoms with Crippen LogP contribution < -0.4 is 0 Å². The first-order valence-electron chi connectivity index (χ1n) is 6.50. The summed E-state index contributed by atoms with van der Waals surface area (Å²) in [6, 6.07) is 7.43. The van der Waals surface area contributed by atoms with Gasteiger partial charge in [0, 0.05) is 0 Å². The molecule has 0 N–H and O–H groups in total. The first-order valence-corrected chi connectivity index (χ1v) is 6.50. The molecule has 0 aliphatic rings. The van der Waals surface area contributed by atoms with E-state index in [4.69, 9.17) is 0 Å². The Hall–Kier alpha value is -2.54. The van der Waals surface area contributed by atoms with Crippen molar-refractivity contribution in [3.63, 3.8) is 0 Å². The number of aliphatic imine (C=N–C) groups is 2. The summed E-state index contributed by atoms with van der Waals surface area (Å²) in [4.78, 5) is 28.5. The van der Waals surface area contributed by atoms with Gasteiger partial charge in [-0.1, -0.05) is 26.0 Å². The number of benzene rings is 2. The third-order valence-electron chi connectivity index (χ3n) is 3.41. The molecule has 0 heterocycles. The van der Waals surface area contributed by atoms with Gasteiger partial charge in [-0.05, 0) is 46.9 Å². The fourth-order valence-corrected chi connectivity index (χ4v) is 2.56. The van der Waals surface area contributed by atoms with Crippen molar-refractivity contribution in [2.45, 2.75) is 26.7 Å². The number of rotatable bonds is 4. The number of aryl methyl sites for hydroxylation is 2. The van der Waals surface area contributed by atoms with Crippen molar-refractivity contribution in [2.75, 3.05) is 0 Å². The second-order valence-electron chi connectivity index (χ2n) is 4.33. The molecule has 0 spiro atoms. The Kier molecular flexibility index (Phi) is 4.21. The third kappa shape index (κ3) is 2.30. The van der Waals surface area contributed by atoms with Crippen LogP contribution in [0.25, 0.3) is 10.8 Å². The second kappa shape index (κ2) is 6.07. The Morgan fingerprint density at radius 2 is 1.20 bits per heavy atom. The zero-order chi connectivity index (χ0) is 14.5. The van der Waals surface area contributed by atoms with Crippen LogP contribution in [0.4, 0.5) is 11.4 Å². The Balaban J connectivity index is 2.87. The van der Waals surface area contributed by atoms with Gasteiger partial charge in [-0.3, -0.25) is 0 Å². The van der Waals surface area contributed by atoms with Crippen molar-refractivity contribution >= 4 is 34.3 Å². The lowest BCUT2D eigenvalue weighted by molar-refractivity contribution is 0.564. The molecule has 0 amide bonds. The zero-order valence-electron chi connectivity index (χ0n) is 11.4. The summed E-state index contributed by atoms with van der Waals surface area (Å²) in [7, 11) is 0. The SMILES string of the molecule is CCc1c(N=C=O)ccc2c(CC)c(N=C=O)ccc12. The maximum Gasteiger partial charge on any atom is 0.240 e. The molecule has 0 unspecified atom stereocenters. The maximum absolute atomic E-state index is 10.5. The van der Waals surface area contributed by atoms with Crippen molar-refractivity contribution in [3.05, 3.63) is 35.4 Å². The molecule has 0 aliphatic carbocycles. The van der Waals surface area contributed by atoms with Crippen LogP contribution in [0.2, 0.25) is 0 Å². The molecule has 0 radical (unpaired) electrons. The predicted molar refractivity (Wildman–Crippen MR) is 78.3 cm³/mol. The second-order valence-corrected chi connectivity index (χ2v) is 4.33. The smallest absolute Gasteiger partial charge is 0.211 e. The molecule has 0 fully saturated rings. The lowest BCUT2D eigenvalue weighted by Gasteiger charge is -2.12. The van der Waals surface area contributed by atoms with Gasteiger partial charge in [0.15, 0.2) is 0 Å². The summed E-state index contributed by atoms with van der Waals surface area (Å²) in [5.74, 6) is 0. The van der Waals surface area contributed by atoms with Gasteiger partial charge in [0.1, 0.15) is 0 Å². The minimum atomic E-state index is 0.642. The van der Waals surface area contributed by atoms with Gasteiger partial charge >= 0.3 is 0 Å². The van der Waals surface area contributed by atoms with E-state index in [0.29, 0.717) is 11.4 Å². The quantitative estimate of drug-likeness (QED) is 0.622. The van der Waals surface area contributed by atoms with Crippen LogP contribution in [0.15, 0.2) is 34.3 Å². The molecule has 0 atom stereocenters. The fraction of sp³-hybridized carbons (Fsp3) is 0.250. The molecule has 2 rings (SSSR count). The van der Waals surface area contributed by atoms with Crippen LogP contribution in [-0.2, 0) is 22.4 Å². The van der Waals surface area contributed by atoms with Crippen molar-refractivity contribution in [1.29, 1.82) is 0 Å². The average molecular weight is 266 g/mol. The highest BCUT2D eigenvalue weighted by Crippen LogP contribution is 2.34. The minimum absolute atomic E-state index is 0.642. The Bertz CT molecular complexity index is 687. The van der Waals surface area contributed by atoms with E-state index in [1.165, 1.54) is 0 Å². The highest BCUT2D eigenvalue weighted by Gasteiger charge is 2.11. The van der Waals surface area contributed by atoms with Gasteiger partial charge in [0.05, 0.1) is 11.4 Å². The molecule has 4 nitrogen and oxygen atoms in total. The van der Waals surface area contributed by atoms with E-state index in [1.807, 2.05) is 26.0 Å². The van der Waals surface area contributed by atoms with E-state index in [9.17, 15) is 9.59 Å². The molecule has 20 heavy (non-hydrogen) atoms. The molecule has 4 heteroatoms. The average Bonchev–Trinajstić information content (AvgIpc) is 2.47. The van der Waals surface area contributed by atoms with Gasteiger partial charge in [-0.25, -0.2) is 9.59 Å². The molecule has 2 aromatic carbocycles. The number of hydrogen-bond donors (Lipinski definition) is 0. The van der Waals surface area contributed by atoms with E-state index in [1.54, 1.807) is 24.3 Å². The van der Waals surface area contributed by atoms with Crippen molar-refractivity contribution in [2.24, 2.45) is 9.98 Å². The summed E-state index contributed by atoms with van der Waals surface area (Å²) < 4.78 is 0.